The zero-order valence-corrected chi connectivity index (χ0v) is 9.26. The van der Waals surface area contributed by atoms with Crippen LogP contribution in [0.15, 0.2) is 24.3 Å². The Labute approximate surface area is 95.8 Å². The molecule has 0 bridgehead atoms. The van der Waals surface area contributed by atoms with Crippen LogP contribution in [0.3, 0.4) is 0 Å². The minimum absolute atomic E-state index is 0.181. The molecule has 2 amide bonds. The predicted molar refractivity (Wildman–Crippen MR) is 62.7 cm³/mol. The zero-order valence-electron chi connectivity index (χ0n) is 9.26. The van der Waals surface area contributed by atoms with Gasteiger partial charge in [0, 0.05) is 12.1 Å². The van der Waals surface area contributed by atoms with E-state index < -0.39 is 0 Å². The molecule has 88 valence electrons. The summed E-state index contributed by atoms with van der Waals surface area (Å²) in [7, 11) is 0. The second-order valence-corrected chi connectivity index (χ2v) is 3.85. The average Bonchev–Trinajstić information content (AvgIpc) is 2.29. The maximum absolute atomic E-state index is 10.4. The molecule has 4 heteroatoms. The highest BCUT2D eigenvalue weighted by Crippen LogP contribution is 2.07. The van der Waals surface area contributed by atoms with Gasteiger partial charge in [-0.2, -0.15) is 0 Å². The summed E-state index contributed by atoms with van der Waals surface area (Å²) in [5.74, 6) is 0. The molecule has 0 aromatic carbocycles. The molecular weight excluding hydrogens is 204 g/mol. The molecule has 2 unspecified atom stereocenters. The number of carbonyl (C=O) groups excluding carboxylic acids is 2. The van der Waals surface area contributed by atoms with Crippen molar-refractivity contribution >= 4 is 12.8 Å². The van der Waals surface area contributed by atoms with Gasteiger partial charge in [-0.05, 0) is 25.7 Å². The molecule has 1 aliphatic carbocycles. The van der Waals surface area contributed by atoms with Crippen LogP contribution in [0.2, 0.25) is 0 Å². The Kier molecular flexibility index (Phi) is 5.99. The van der Waals surface area contributed by atoms with Crippen LogP contribution in [0.5, 0.6) is 0 Å². The van der Waals surface area contributed by atoms with Crippen LogP contribution in [-0.4, -0.2) is 24.9 Å². The first-order valence-electron chi connectivity index (χ1n) is 5.56. The van der Waals surface area contributed by atoms with Crippen LogP contribution in [0.1, 0.15) is 25.7 Å². The topological polar surface area (TPSA) is 58.2 Å². The molecule has 0 aliphatic heterocycles. The molecule has 0 fully saturated rings. The highest BCUT2D eigenvalue weighted by Gasteiger charge is 2.06. The van der Waals surface area contributed by atoms with Gasteiger partial charge in [-0.25, -0.2) is 0 Å². The number of carbonyl (C=O) groups is 2. The number of hydrogen-bond acceptors (Lipinski definition) is 2. The van der Waals surface area contributed by atoms with Gasteiger partial charge in [-0.15, -0.1) is 0 Å². The lowest BCUT2D eigenvalue weighted by molar-refractivity contribution is -0.110. The normalized spacial score (nSPS) is 29.8. The molecular formula is C12H18N2O2. The fraction of sp³-hybridized carbons (Fsp3) is 0.500. The van der Waals surface area contributed by atoms with Gasteiger partial charge in [-0.3, -0.25) is 9.59 Å². The molecule has 0 saturated heterocycles. The van der Waals surface area contributed by atoms with E-state index in [1.54, 1.807) is 0 Å². The van der Waals surface area contributed by atoms with Gasteiger partial charge < -0.3 is 10.6 Å². The van der Waals surface area contributed by atoms with Crippen LogP contribution in [0.25, 0.3) is 0 Å². The van der Waals surface area contributed by atoms with Crippen LogP contribution in [0, 0.1) is 0 Å². The van der Waals surface area contributed by atoms with Crippen LogP contribution < -0.4 is 10.6 Å². The lowest BCUT2D eigenvalue weighted by Gasteiger charge is -2.15. The van der Waals surface area contributed by atoms with E-state index in [-0.39, 0.29) is 12.1 Å². The predicted octanol–water partition coefficient (Wildman–Crippen LogP) is 0.902. The van der Waals surface area contributed by atoms with Crippen LogP contribution in [0.4, 0.5) is 0 Å². The molecule has 16 heavy (non-hydrogen) atoms. The van der Waals surface area contributed by atoms with E-state index in [4.69, 9.17) is 0 Å². The Morgan fingerprint density at radius 3 is 1.31 bits per heavy atom. The van der Waals surface area contributed by atoms with Gasteiger partial charge in [0.2, 0.25) is 12.8 Å². The van der Waals surface area contributed by atoms with Crippen molar-refractivity contribution in [2.75, 3.05) is 0 Å². The van der Waals surface area contributed by atoms with E-state index in [2.05, 4.69) is 34.9 Å². The molecule has 0 aromatic heterocycles. The first-order chi connectivity index (χ1) is 7.86. The Bertz CT molecular complexity index is 230. The number of amides is 2. The fourth-order valence-corrected chi connectivity index (χ4v) is 1.70. The number of rotatable bonds is 4. The van der Waals surface area contributed by atoms with E-state index in [0.29, 0.717) is 0 Å². The van der Waals surface area contributed by atoms with Gasteiger partial charge in [0.1, 0.15) is 0 Å². The summed E-state index contributed by atoms with van der Waals surface area (Å²) in [5.41, 5.74) is 0. The minimum atomic E-state index is 0.181. The molecule has 0 saturated carbocycles. The molecule has 2 N–H and O–H groups in total. The SMILES string of the molecule is O=CNC1C/C=C\CC(NC=O)C/C=C/C1. The van der Waals surface area contributed by atoms with Gasteiger partial charge >= 0.3 is 0 Å². The zero-order chi connectivity index (χ0) is 11.6. The van der Waals surface area contributed by atoms with Crippen molar-refractivity contribution in [1.29, 1.82) is 0 Å². The van der Waals surface area contributed by atoms with Gasteiger partial charge in [-0.1, -0.05) is 24.3 Å². The van der Waals surface area contributed by atoms with Crippen molar-refractivity contribution in [3.8, 4) is 0 Å². The van der Waals surface area contributed by atoms with E-state index >= 15 is 0 Å². The first kappa shape index (κ1) is 12.5. The second-order valence-electron chi connectivity index (χ2n) is 3.85. The Hall–Kier alpha value is -1.58. The van der Waals surface area contributed by atoms with E-state index in [0.717, 1.165) is 38.5 Å². The van der Waals surface area contributed by atoms with E-state index in [1.807, 2.05) is 0 Å². The van der Waals surface area contributed by atoms with E-state index in [1.165, 1.54) is 0 Å². The first-order valence-corrected chi connectivity index (χ1v) is 5.56. The second kappa shape index (κ2) is 7.68. The standard InChI is InChI=1S/C12H18N2O2/c15-9-13-11-5-1-2-6-12(14-10-16)8-4-3-7-11/h1-4,9-12H,5-8H2,(H,13,15)(H,14,16)/b2-1-,4-3+. The fourth-order valence-electron chi connectivity index (χ4n) is 1.70. The van der Waals surface area contributed by atoms with Gasteiger partial charge in [0.05, 0.1) is 0 Å². The molecule has 4 nitrogen and oxygen atoms in total. The molecule has 1 aliphatic rings. The lowest BCUT2D eigenvalue weighted by atomic mass is 10.0. The van der Waals surface area contributed by atoms with Gasteiger partial charge in [0.25, 0.3) is 0 Å². The highest BCUT2D eigenvalue weighted by atomic mass is 16.1. The summed E-state index contributed by atoms with van der Waals surface area (Å²) in [6.45, 7) is 0. The molecule has 0 heterocycles. The minimum Gasteiger partial charge on any atom is -0.355 e. The summed E-state index contributed by atoms with van der Waals surface area (Å²) in [6.07, 6.45) is 13.0. The number of hydrogen-bond donors (Lipinski definition) is 2. The highest BCUT2D eigenvalue weighted by molar-refractivity contribution is 5.47. The van der Waals surface area contributed by atoms with E-state index in [9.17, 15) is 9.59 Å². The summed E-state index contributed by atoms with van der Waals surface area (Å²) in [6, 6.07) is 0.362. The maximum Gasteiger partial charge on any atom is 0.207 e. The molecule has 1 rings (SSSR count). The quantitative estimate of drug-likeness (QED) is 0.548. The summed E-state index contributed by atoms with van der Waals surface area (Å²) in [4.78, 5) is 20.7. The summed E-state index contributed by atoms with van der Waals surface area (Å²) >= 11 is 0. The van der Waals surface area contributed by atoms with Crippen molar-refractivity contribution in [2.45, 2.75) is 37.8 Å². The van der Waals surface area contributed by atoms with Crippen molar-refractivity contribution in [3.63, 3.8) is 0 Å². The summed E-state index contributed by atoms with van der Waals surface area (Å²) in [5, 5.41) is 5.56. The van der Waals surface area contributed by atoms with Crippen molar-refractivity contribution in [1.82, 2.24) is 10.6 Å². The third-order valence-electron chi connectivity index (χ3n) is 2.62. The third kappa shape index (κ3) is 4.77. The Morgan fingerprint density at radius 2 is 1.06 bits per heavy atom. The molecule has 0 spiro atoms. The van der Waals surface area contributed by atoms with Gasteiger partial charge in [0.15, 0.2) is 0 Å². The Balaban J connectivity index is 2.49. The lowest BCUT2D eigenvalue weighted by Crippen LogP contribution is -2.28. The molecule has 2 atom stereocenters. The van der Waals surface area contributed by atoms with Crippen LogP contribution >= 0.6 is 0 Å². The average molecular weight is 222 g/mol. The third-order valence-corrected chi connectivity index (χ3v) is 2.62. The van der Waals surface area contributed by atoms with Crippen LogP contribution in [-0.2, 0) is 9.59 Å². The maximum atomic E-state index is 10.4. The Morgan fingerprint density at radius 1 is 0.750 bits per heavy atom. The monoisotopic (exact) mass is 222 g/mol. The van der Waals surface area contributed by atoms with Crippen molar-refractivity contribution in [2.24, 2.45) is 0 Å². The molecule has 0 radical (unpaired) electrons. The number of nitrogens with one attached hydrogen (secondary N) is 2. The van der Waals surface area contributed by atoms with Crippen molar-refractivity contribution < 1.29 is 9.59 Å². The molecule has 0 aromatic rings. The van der Waals surface area contributed by atoms with Crippen molar-refractivity contribution in [3.05, 3.63) is 24.3 Å². The smallest absolute Gasteiger partial charge is 0.207 e. The largest absolute Gasteiger partial charge is 0.355 e. The summed E-state index contributed by atoms with van der Waals surface area (Å²) < 4.78 is 0.